The van der Waals surface area contributed by atoms with Gasteiger partial charge in [-0.25, -0.2) is 4.39 Å². The molecule has 0 amide bonds. The maximum Gasteiger partial charge on any atom is 0.312 e. The molecule has 0 radical (unpaired) electrons. The SMILES string of the molecule is O=C(O)C1(C(O)c2ccccc2F)CCC1. The van der Waals surface area contributed by atoms with Gasteiger partial charge in [-0.1, -0.05) is 24.6 Å². The Balaban J connectivity index is 2.35. The second-order valence-corrected chi connectivity index (χ2v) is 4.24. The summed E-state index contributed by atoms with van der Waals surface area (Å²) < 4.78 is 13.4. The van der Waals surface area contributed by atoms with E-state index in [1.807, 2.05) is 0 Å². The van der Waals surface area contributed by atoms with Crippen molar-refractivity contribution in [1.82, 2.24) is 0 Å². The largest absolute Gasteiger partial charge is 0.481 e. The summed E-state index contributed by atoms with van der Waals surface area (Å²) in [4.78, 5) is 11.1. The summed E-state index contributed by atoms with van der Waals surface area (Å²) in [6, 6.07) is 5.77. The third-order valence-corrected chi connectivity index (χ3v) is 3.39. The first-order chi connectivity index (χ1) is 7.58. The zero-order valence-electron chi connectivity index (χ0n) is 8.69. The number of carboxylic acids is 1. The molecule has 0 bridgehead atoms. The lowest BCUT2D eigenvalue weighted by Gasteiger charge is -2.41. The van der Waals surface area contributed by atoms with Crippen molar-refractivity contribution in [3.8, 4) is 0 Å². The van der Waals surface area contributed by atoms with Crippen LogP contribution in [0, 0.1) is 11.2 Å². The third-order valence-electron chi connectivity index (χ3n) is 3.39. The molecule has 0 aromatic heterocycles. The van der Waals surface area contributed by atoms with Crippen LogP contribution in [-0.4, -0.2) is 16.2 Å². The van der Waals surface area contributed by atoms with Crippen molar-refractivity contribution < 1.29 is 19.4 Å². The predicted molar refractivity (Wildman–Crippen MR) is 55.3 cm³/mol. The highest BCUT2D eigenvalue weighted by molar-refractivity contribution is 5.77. The first kappa shape index (κ1) is 11.1. The standard InChI is InChI=1S/C12H13FO3/c13-9-5-2-1-4-8(9)10(14)12(11(15)16)6-3-7-12/h1-2,4-5,10,14H,3,6-7H2,(H,15,16). The number of halogens is 1. The molecule has 1 aliphatic carbocycles. The van der Waals surface area contributed by atoms with Crippen LogP contribution < -0.4 is 0 Å². The lowest BCUT2D eigenvalue weighted by atomic mass is 9.63. The predicted octanol–water partition coefficient (Wildman–Crippen LogP) is 2.11. The van der Waals surface area contributed by atoms with Crippen molar-refractivity contribution in [2.24, 2.45) is 5.41 Å². The molecule has 2 N–H and O–H groups in total. The van der Waals surface area contributed by atoms with Gasteiger partial charge >= 0.3 is 5.97 Å². The van der Waals surface area contributed by atoms with Gasteiger partial charge in [0.2, 0.25) is 0 Å². The number of aliphatic hydroxyl groups is 1. The Morgan fingerprint density at radius 2 is 2.00 bits per heavy atom. The van der Waals surface area contributed by atoms with Crippen molar-refractivity contribution in [3.05, 3.63) is 35.6 Å². The topological polar surface area (TPSA) is 57.5 Å². The smallest absolute Gasteiger partial charge is 0.312 e. The Bertz CT molecular complexity index is 412. The van der Waals surface area contributed by atoms with Crippen LogP contribution in [0.1, 0.15) is 30.9 Å². The molecule has 1 fully saturated rings. The minimum Gasteiger partial charge on any atom is -0.481 e. The monoisotopic (exact) mass is 224 g/mol. The van der Waals surface area contributed by atoms with Gasteiger partial charge in [-0.2, -0.15) is 0 Å². The molecular formula is C12H13FO3. The van der Waals surface area contributed by atoms with Crippen molar-refractivity contribution in [1.29, 1.82) is 0 Å². The van der Waals surface area contributed by atoms with Crippen molar-refractivity contribution in [3.63, 3.8) is 0 Å². The van der Waals surface area contributed by atoms with Crippen LogP contribution in [-0.2, 0) is 4.79 Å². The van der Waals surface area contributed by atoms with Gasteiger partial charge in [-0.15, -0.1) is 0 Å². The van der Waals surface area contributed by atoms with Crippen molar-refractivity contribution >= 4 is 5.97 Å². The van der Waals surface area contributed by atoms with E-state index in [1.54, 1.807) is 6.07 Å². The van der Waals surface area contributed by atoms with Gasteiger partial charge in [-0.3, -0.25) is 4.79 Å². The number of benzene rings is 1. The van der Waals surface area contributed by atoms with Crippen molar-refractivity contribution in [2.75, 3.05) is 0 Å². The van der Waals surface area contributed by atoms with E-state index in [9.17, 15) is 14.3 Å². The van der Waals surface area contributed by atoms with Crippen LogP contribution in [0.2, 0.25) is 0 Å². The second-order valence-electron chi connectivity index (χ2n) is 4.24. The maximum atomic E-state index is 13.4. The number of aliphatic carboxylic acids is 1. The number of carboxylic acid groups (broad SMARTS) is 1. The van der Waals surface area contributed by atoms with Gasteiger partial charge in [0.1, 0.15) is 5.82 Å². The highest BCUT2D eigenvalue weighted by Crippen LogP contribution is 2.50. The lowest BCUT2D eigenvalue weighted by Crippen LogP contribution is -2.43. The number of rotatable bonds is 3. The van der Waals surface area contributed by atoms with Gasteiger partial charge in [0.25, 0.3) is 0 Å². The number of hydrogen-bond donors (Lipinski definition) is 2. The van der Waals surface area contributed by atoms with Crippen LogP contribution in [0.5, 0.6) is 0 Å². The molecule has 1 aromatic rings. The Labute approximate surface area is 92.5 Å². The molecule has 1 atom stereocenters. The van der Waals surface area contributed by atoms with Gasteiger partial charge < -0.3 is 10.2 Å². The first-order valence-corrected chi connectivity index (χ1v) is 5.24. The molecule has 3 nitrogen and oxygen atoms in total. The summed E-state index contributed by atoms with van der Waals surface area (Å²) in [5.74, 6) is -1.60. The quantitative estimate of drug-likeness (QED) is 0.826. The minimum absolute atomic E-state index is 0.0737. The van der Waals surface area contributed by atoms with E-state index in [1.165, 1.54) is 18.2 Å². The maximum absolute atomic E-state index is 13.4. The van der Waals surface area contributed by atoms with Crippen LogP contribution in [0.25, 0.3) is 0 Å². The molecule has 1 unspecified atom stereocenters. The van der Waals surface area contributed by atoms with Gasteiger partial charge in [0.05, 0.1) is 11.5 Å². The van der Waals surface area contributed by atoms with Crippen molar-refractivity contribution in [2.45, 2.75) is 25.4 Å². The highest BCUT2D eigenvalue weighted by atomic mass is 19.1. The van der Waals surface area contributed by atoms with E-state index in [-0.39, 0.29) is 5.56 Å². The summed E-state index contributed by atoms with van der Waals surface area (Å²) in [5, 5.41) is 19.1. The highest BCUT2D eigenvalue weighted by Gasteiger charge is 2.51. The van der Waals surface area contributed by atoms with Gasteiger partial charge in [0, 0.05) is 5.56 Å². The number of hydrogen-bond acceptors (Lipinski definition) is 2. The van der Waals surface area contributed by atoms with Gasteiger partial charge in [0.15, 0.2) is 0 Å². The van der Waals surface area contributed by atoms with E-state index in [2.05, 4.69) is 0 Å². The molecule has 86 valence electrons. The molecule has 1 aromatic carbocycles. The van der Waals surface area contributed by atoms with Crippen LogP contribution in [0.4, 0.5) is 4.39 Å². The van der Waals surface area contributed by atoms with E-state index in [0.717, 1.165) is 6.42 Å². The molecular weight excluding hydrogens is 211 g/mol. The van der Waals surface area contributed by atoms with E-state index in [4.69, 9.17) is 5.11 Å². The fraction of sp³-hybridized carbons (Fsp3) is 0.417. The average Bonchev–Trinajstić information content (AvgIpc) is 2.15. The van der Waals surface area contributed by atoms with E-state index in [0.29, 0.717) is 12.8 Å². The second kappa shape index (κ2) is 3.87. The molecule has 1 aliphatic rings. The molecule has 1 saturated carbocycles. The summed E-state index contributed by atoms with van der Waals surface area (Å²) in [7, 11) is 0. The number of carbonyl (C=O) groups is 1. The minimum atomic E-state index is -1.26. The fourth-order valence-corrected chi connectivity index (χ4v) is 2.16. The molecule has 0 saturated heterocycles. The zero-order chi connectivity index (χ0) is 11.8. The number of aliphatic hydroxyl groups excluding tert-OH is 1. The fourth-order valence-electron chi connectivity index (χ4n) is 2.16. The molecule has 4 heteroatoms. The Kier molecular flexibility index (Phi) is 2.68. The normalized spacial score (nSPS) is 19.9. The van der Waals surface area contributed by atoms with Crippen LogP contribution in [0.3, 0.4) is 0 Å². The summed E-state index contributed by atoms with van der Waals surface area (Å²) in [5.41, 5.74) is -1.12. The van der Waals surface area contributed by atoms with E-state index >= 15 is 0 Å². The molecule has 0 spiro atoms. The molecule has 2 rings (SSSR count). The summed E-state index contributed by atoms with van der Waals surface area (Å²) in [6.45, 7) is 0. The molecule has 0 aliphatic heterocycles. The Morgan fingerprint density at radius 1 is 1.38 bits per heavy atom. The summed E-state index contributed by atoms with van der Waals surface area (Å²) >= 11 is 0. The van der Waals surface area contributed by atoms with E-state index < -0.39 is 23.3 Å². The average molecular weight is 224 g/mol. The Morgan fingerprint density at radius 3 is 2.44 bits per heavy atom. The van der Waals surface area contributed by atoms with Crippen LogP contribution >= 0.6 is 0 Å². The Hall–Kier alpha value is -1.42. The zero-order valence-corrected chi connectivity index (χ0v) is 8.69. The van der Waals surface area contributed by atoms with Gasteiger partial charge in [-0.05, 0) is 18.9 Å². The molecule has 16 heavy (non-hydrogen) atoms. The summed E-state index contributed by atoms with van der Waals surface area (Å²) in [6.07, 6.45) is 0.299. The first-order valence-electron chi connectivity index (χ1n) is 5.24. The molecule has 0 heterocycles. The third kappa shape index (κ3) is 1.50. The lowest BCUT2D eigenvalue weighted by molar-refractivity contribution is -0.166. The van der Waals surface area contributed by atoms with Crippen LogP contribution in [0.15, 0.2) is 24.3 Å².